The predicted octanol–water partition coefficient (Wildman–Crippen LogP) is 1.96. The Morgan fingerprint density at radius 3 is 2.41 bits per heavy atom. The van der Waals surface area contributed by atoms with Crippen molar-refractivity contribution < 1.29 is 27.4 Å². The van der Waals surface area contributed by atoms with Crippen LogP contribution in [0.1, 0.15) is 5.56 Å². The average molecular weight is 482 g/mol. The molecule has 14 heteroatoms. The third kappa shape index (κ3) is 4.92. The van der Waals surface area contributed by atoms with Crippen molar-refractivity contribution in [2.45, 2.75) is 17.9 Å². The second kappa shape index (κ2) is 9.13. The number of nitrogens with zero attached hydrogens (tertiary/aromatic N) is 3. The molecule has 0 unspecified atom stereocenters. The van der Waals surface area contributed by atoms with Crippen molar-refractivity contribution in [1.82, 2.24) is 15.6 Å². The van der Waals surface area contributed by atoms with E-state index in [2.05, 4.69) is 15.2 Å². The van der Waals surface area contributed by atoms with E-state index in [1.165, 1.54) is 29.5 Å². The molecule has 3 aromatic rings. The fourth-order valence-electron chi connectivity index (χ4n) is 2.83. The van der Waals surface area contributed by atoms with Gasteiger partial charge in [0.15, 0.2) is 0 Å². The quantitative estimate of drug-likeness (QED) is 0.221. The van der Waals surface area contributed by atoms with Gasteiger partial charge in [-0.25, -0.2) is 9.78 Å². The number of hydrogen-bond acceptors (Lipinski definition) is 9. The van der Waals surface area contributed by atoms with E-state index in [1.54, 1.807) is 0 Å². The number of imide groups is 2. The Morgan fingerprint density at radius 2 is 1.75 bits per heavy atom. The van der Waals surface area contributed by atoms with Gasteiger partial charge in [0.25, 0.3) is 21.9 Å². The molecular weight excluding hydrogens is 469 g/mol. The van der Waals surface area contributed by atoms with E-state index in [9.17, 15) is 27.4 Å². The maximum atomic E-state index is 11.9. The number of hydrogen-bond donors (Lipinski definition) is 3. The largest absolute Gasteiger partial charge is 0.328 e. The Hall–Kier alpha value is -2.55. The Kier molecular flexibility index (Phi) is 6.88. The van der Waals surface area contributed by atoms with Gasteiger partial charge in [-0.3, -0.25) is 24.8 Å². The van der Waals surface area contributed by atoms with Crippen LogP contribution in [0.2, 0.25) is 0 Å². The average Bonchev–Trinajstić information content (AvgIpc) is 3.09. The van der Waals surface area contributed by atoms with E-state index in [0.29, 0.717) is 10.6 Å². The zero-order valence-corrected chi connectivity index (χ0v) is 20.3. The molecular formula is C18H13N5NaO6S2. The van der Waals surface area contributed by atoms with Crippen molar-refractivity contribution in [2.24, 2.45) is 10.2 Å². The minimum absolute atomic E-state index is 0. The molecule has 159 valence electrons. The number of fused-ring (bicyclic) bond motifs is 1. The van der Waals surface area contributed by atoms with E-state index in [1.807, 2.05) is 35.8 Å². The van der Waals surface area contributed by atoms with E-state index in [4.69, 9.17) is 0 Å². The fourth-order valence-corrected chi connectivity index (χ4v) is 4.54. The van der Waals surface area contributed by atoms with E-state index in [-0.39, 0.29) is 35.2 Å². The van der Waals surface area contributed by atoms with Crippen LogP contribution in [0.25, 0.3) is 20.8 Å². The van der Waals surface area contributed by atoms with Gasteiger partial charge >= 0.3 is 6.03 Å². The smallest absolute Gasteiger partial charge is 0.282 e. The Bertz CT molecular complexity index is 1380. The molecule has 4 rings (SSSR count). The normalized spacial score (nSPS) is 15.0. The third-order valence-corrected chi connectivity index (χ3v) is 6.23. The Labute approximate surface area is 207 Å². The number of thiazole rings is 1. The molecule has 1 radical (unpaired) electrons. The van der Waals surface area contributed by atoms with E-state index < -0.39 is 38.9 Å². The number of urea groups is 1. The number of barbiturate groups is 1. The molecule has 11 nitrogen and oxygen atoms in total. The van der Waals surface area contributed by atoms with Crippen molar-refractivity contribution >= 4 is 84.8 Å². The van der Waals surface area contributed by atoms with Gasteiger partial charge in [-0.1, -0.05) is 6.07 Å². The molecule has 4 amide bonds. The van der Waals surface area contributed by atoms with Crippen molar-refractivity contribution in [3.05, 3.63) is 42.0 Å². The molecule has 1 aliphatic heterocycles. The SMILES string of the molecule is Cc1ccc2nc(-c3ccc(N=NC4C(=O)NC(=O)NC4=O)c(S(=O)(=O)O)c3)sc2c1.[Na]. The number of carbonyl (C=O) groups excluding carboxylic acids is 3. The molecule has 1 saturated heterocycles. The van der Waals surface area contributed by atoms with Crippen molar-refractivity contribution in [3.8, 4) is 10.6 Å². The van der Waals surface area contributed by atoms with Gasteiger partial charge in [0, 0.05) is 35.1 Å². The number of amides is 4. The van der Waals surface area contributed by atoms with Crippen molar-refractivity contribution in [1.29, 1.82) is 0 Å². The van der Waals surface area contributed by atoms with Crippen molar-refractivity contribution in [2.75, 3.05) is 0 Å². The number of rotatable bonds is 4. The third-order valence-electron chi connectivity index (χ3n) is 4.28. The first-order valence-electron chi connectivity index (χ1n) is 8.67. The first kappa shape index (κ1) is 24.1. The van der Waals surface area contributed by atoms with Gasteiger partial charge in [-0.15, -0.1) is 11.3 Å². The maximum absolute atomic E-state index is 11.9. The molecule has 0 bridgehead atoms. The van der Waals surface area contributed by atoms with Crippen LogP contribution in [-0.2, 0) is 19.7 Å². The summed E-state index contributed by atoms with van der Waals surface area (Å²) < 4.78 is 34.4. The summed E-state index contributed by atoms with van der Waals surface area (Å²) in [6.45, 7) is 1.94. The molecule has 2 aromatic carbocycles. The molecule has 0 spiro atoms. The summed E-state index contributed by atoms with van der Waals surface area (Å²) in [5.41, 5.74) is 1.92. The number of aryl methyl sites for hydroxylation is 1. The Balaban J connectivity index is 0.00000289. The zero-order valence-electron chi connectivity index (χ0n) is 16.7. The second-order valence-electron chi connectivity index (χ2n) is 6.57. The number of azo groups is 1. The second-order valence-corrected chi connectivity index (χ2v) is 8.99. The summed E-state index contributed by atoms with van der Waals surface area (Å²) >= 11 is 1.35. The fraction of sp³-hybridized carbons (Fsp3) is 0.111. The molecule has 2 heterocycles. The van der Waals surface area contributed by atoms with Crippen LogP contribution in [0.15, 0.2) is 51.5 Å². The predicted molar refractivity (Wildman–Crippen MR) is 115 cm³/mol. The van der Waals surface area contributed by atoms with E-state index >= 15 is 0 Å². The van der Waals surface area contributed by atoms with Crippen LogP contribution in [0.3, 0.4) is 0 Å². The van der Waals surface area contributed by atoms with Crippen LogP contribution in [-0.4, -0.2) is 71.4 Å². The Morgan fingerprint density at radius 1 is 1.06 bits per heavy atom. The zero-order chi connectivity index (χ0) is 22.3. The number of aromatic nitrogens is 1. The van der Waals surface area contributed by atoms with Crippen molar-refractivity contribution in [3.63, 3.8) is 0 Å². The minimum Gasteiger partial charge on any atom is -0.282 e. The summed E-state index contributed by atoms with van der Waals surface area (Å²) in [6, 6.07) is 7.01. The molecule has 1 aliphatic rings. The van der Waals surface area contributed by atoms with Crippen LogP contribution in [0.5, 0.6) is 0 Å². The molecule has 0 saturated carbocycles. The summed E-state index contributed by atoms with van der Waals surface area (Å²) in [5.74, 6) is -2.01. The summed E-state index contributed by atoms with van der Waals surface area (Å²) in [4.78, 5) is 38.5. The number of benzene rings is 2. The first-order chi connectivity index (χ1) is 14.6. The van der Waals surface area contributed by atoms with Gasteiger partial charge in [-0.05, 0) is 42.8 Å². The van der Waals surface area contributed by atoms with Gasteiger partial charge in [0.2, 0.25) is 6.04 Å². The molecule has 1 fully saturated rings. The standard InChI is InChI=1S/C18H13N5O6S2.Na/c1-8-2-4-10-12(6-8)30-17(19-10)9-3-5-11(13(7-9)31(27,28)29)22-23-14-15(24)20-18(26)21-16(14)25;/h2-7,14H,1H3,(H,27,28,29)(H2,20,21,24,25,26);. The molecule has 32 heavy (non-hydrogen) atoms. The monoisotopic (exact) mass is 482 g/mol. The van der Waals surface area contributed by atoms with Gasteiger partial charge in [-0.2, -0.15) is 18.6 Å². The summed E-state index contributed by atoms with van der Waals surface area (Å²) in [5, 5.41) is 11.4. The number of nitrogens with one attached hydrogen (secondary N) is 2. The van der Waals surface area contributed by atoms with Crippen LogP contribution >= 0.6 is 11.3 Å². The number of carbonyl (C=O) groups is 3. The molecule has 3 N–H and O–H groups in total. The van der Waals surface area contributed by atoms with Gasteiger partial charge in [0.1, 0.15) is 15.6 Å². The van der Waals surface area contributed by atoms with Gasteiger partial charge in [0.05, 0.1) is 10.2 Å². The topological polar surface area (TPSA) is 167 Å². The van der Waals surface area contributed by atoms with Gasteiger partial charge < -0.3 is 0 Å². The summed E-state index contributed by atoms with van der Waals surface area (Å²) in [7, 11) is -4.72. The van der Waals surface area contributed by atoms with E-state index in [0.717, 1.165) is 15.8 Å². The molecule has 1 aromatic heterocycles. The summed E-state index contributed by atoms with van der Waals surface area (Å²) in [6.07, 6.45) is 0. The maximum Gasteiger partial charge on any atom is 0.328 e. The molecule has 0 atom stereocenters. The first-order valence-corrected chi connectivity index (χ1v) is 10.9. The van der Waals surface area contributed by atoms with Crippen LogP contribution in [0.4, 0.5) is 10.5 Å². The minimum atomic E-state index is -4.72. The molecule has 0 aliphatic carbocycles. The van der Waals surface area contributed by atoms with Crippen LogP contribution < -0.4 is 10.6 Å². The van der Waals surface area contributed by atoms with Crippen LogP contribution in [0, 0.1) is 6.92 Å².